The van der Waals surface area contributed by atoms with Crippen molar-refractivity contribution >= 4 is 10.0 Å². The van der Waals surface area contributed by atoms with Gasteiger partial charge in [0.25, 0.3) is 0 Å². The molecular weight excluding hydrogens is 298 g/mol. The lowest BCUT2D eigenvalue weighted by Crippen LogP contribution is -2.25. The second-order valence-corrected chi connectivity index (χ2v) is 6.11. The number of benzene rings is 2. The van der Waals surface area contributed by atoms with E-state index in [1.165, 1.54) is 6.07 Å². The third-order valence-corrected chi connectivity index (χ3v) is 4.44. The summed E-state index contributed by atoms with van der Waals surface area (Å²) in [6.45, 7) is -0.282. The molecule has 2 rings (SSSR count). The molecule has 0 aliphatic heterocycles. The maximum atomic E-state index is 13.5. The van der Waals surface area contributed by atoms with Gasteiger partial charge in [-0.1, -0.05) is 18.2 Å². The Balaban J connectivity index is 2.24. The van der Waals surface area contributed by atoms with Gasteiger partial charge >= 0.3 is 0 Å². The lowest BCUT2D eigenvalue weighted by Gasteiger charge is -2.10. The Morgan fingerprint density at radius 3 is 2.48 bits per heavy atom. The van der Waals surface area contributed by atoms with Crippen molar-refractivity contribution in [2.24, 2.45) is 5.73 Å². The van der Waals surface area contributed by atoms with E-state index in [2.05, 4.69) is 4.72 Å². The summed E-state index contributed by atoms with van der Waals surface area (Å²) in [6, 6.07) is 9.12. The molecular formula is C14H14F2N2O2S. The van der Waals surface area contributed by atoms with E-state index in [1.807, 2.05) is 0 Å². The smallest absolute Gasteiger partial charge is 0.241 e. The van der Waals surface area contributed by atoms with Gasteiger partial charge in [0.15, 0.2) is 0 Å². The van der Waals surface area contributed by atoms with E-state index in [0.29, 0.717) is 5.56 Å². The van der Waals surface area contributed by atoms with Crippen molar-refractivity contribution in [1.82, 2.24) is 4.72 Å². The average Bonchev–Trinajstić information content (AvgIpc) is 2.48. The number of rotatable bonds is 5. The van der Waals surface area contributed by atoms with Gasteiger partial charge in [-0.15, -0.1) is 0 Å². The normalized spacial score (nSPS) is 11.6. The predicted molar refractivity (Wildman–Crippen MR) is 74.7 cm³/mol. The van der Waals surface area contributed by atoms with E-state index in [1.54, 1.807) is 18.2 Å². The fourth-order valence-electron chi connectivity index (χ4n) is 1.86. The molecule has 2 aromatic carbocycles. The molecule has 3 N–H and O–H groups in total. The second kappa shape index (κ2) is 6.30. The highest BCUT2D eigenvalue weighted by atomic mass is 32.2. The first-order valence-electron chi connectivity index (χ1n) is 6.15. The average molecular weight is 312 g/mol. The van der Waals surface area contributed by atoms with E-state index < -0.39 is 21.7 Å². The van der Waals surface area contributed by atoms with Crippen LogP contribution in [0.2, 0.25) is 0 Å². The molecule has 0 bridgehead atoms. The monoisotopic (exact) mass is 312 g/mol. The number of hydrogen-bond acceptors (Lipinski definition) is 3. The summed E-state index contributed by atoms with van der Waals surface area (Å²) in [7, 11) is -3.85. The third-order valence-electron chi connectivity index (χ3n) is 2.94. The van der Waals surface area contributed by atoms with Crippen molar-refractivity contribution in [3.63, 3.8) is 0 Å². The summed E-state index contributed by atoms with van der Waals surface area (Å²) in [4.78, 5) is 0.0318. The van der Waals surface area contributed by atoms with Crippen molar-refractivity contribution in [3.05, 3.63) is 65.2 Å². The van der Waals surface area contributed by atoms with Crippen LogP contribution in [0.25, 0.3) is 0 Å². The molecule has 0 radical (unpaired) electrons. The lowest BCUT2D eigenvalue weighted by atomic mass is 10.2. The summed E-state index contributed by atoms with van der Waals surface area (Å²) < 4.78 is 53.2. The van der Waals surface area contributed by atoms with Gasteiger partial charge in [0, 0.05) is 18.7 Å². The Kier molecular flexibility index (Phi) is 4.66. The maximum absolute atomic E-state index is 13.5. The zero-order valence-electron chi connectivity index (χ0n) is 11.0. The van der Waals surface area contributed by atoms with Crippen molar-refractivity contribution < 1.29 is 17.2 Å². The highest BCUT2D eigenvalue weighted by Crippen LogP contribution is 2.16. The first-order chi connectivity index (χ1) is 9.94. The fourth-order valence-corrected chi connectivity index (χ4v) is 3.12. The van der Waals surface area contributed by atoms with Crippen LogP contribution in [0.1, 0.15) is 11.1 Å². The fraction of sp³-hybridized carbons (Fsp3) is 0.143. The summed E-state index contributed by atoms with van der Waals surface area (Å²) in [5, 5.41) is 0. The molecule has 0 spiro atoms. The van der Waals surface area contributed by atoms with Crippen molar-refractivity contribution in [3.8, 4) is 0 Å². The van der Waals surface area contributed by atoms with Crippen LogP contribution in [-0.2, 0) is 23.1 Å². The van der Waals surface area contributed by atoms with Gasteiger partial charge in [0.1, 0.15) is 11.6 Å². The van der Waals surface area contributed by atoms with Crippen molar-refractivity contribution in [2.45, 2.75) is 18.0 Å². The first-order valence-corrected chi connectivity index (χ1v) is 7.64. The molecule has 0 atom stereocenters. The van der Waals surface area contributed by atoms with Gasteiger partial charge < -0.3 is 5.73 Å². The number of nitrogens with two attached hydrogens (primary N) is 1. The van der Waals surface area contributed by atoms with Crippen molar-refractivity contribution in [2.75, 3.05) is 0 Å². The minimum absolute atomic E-state index is 0.0318. The first kappa shape index (κ1) is 15.6. The summed E-state index contributed by atoms with van der Waals surface area (Å²) in [5.41, 5.74) is 5.88. The van der Waals surface area contributed by atoms with Crippen LogP contribution in [0.4, 0.5) is 8.78 Å². The van der Waals surface area contributed by atoms with E-state index >= 15 is 0 Å². The molecule has 0 fully saturated rings. The van der Waals surface area contributed by atoms with Crippen LogP contribution in [0.15, 0.2) is 47.4 Å². The Morgan fingerprint density at radius 2 is 1.76 bits per heavy atom. The topological polar surface area (TPSA) is 72.2 Å². The Hall–Kier alpha value is -1.83. The van der Waals surface area contributed by atoms with Crippen LogP contribution >= 0.6 is 0 Å². The highest BCUT2D eigenvalue weighted by Gasteiger charge is 2.18. The minimum atomic E-state index is -3.85. The van der Waals surface area contributed by atoms with Crippen LogP contribution in [-0.4, -0.2) is 8.42 Å². The number of sulfonamides is 1. The molecule has 0 aliphatic rings. The van der Waals surface area contributed by atoms with Gasteiger partial charge in [-0.2, -0.15) is 0 Å². The SMILES string of the molecule is NCc1ccccc1S(=O)(=O)NCc1cc(F)ccc1F. The number of nitrogens with one attached hydrogen (secondary N) is 1. The molecule has 0 saturated heterocycles. The lowest BCUT2D eigenvalue weighted by molar-refractivity contribution is 0.566. The number of hydrogen-bond donors (Lipinski definition) is 2. The molecule has 0 unspecified atom stereocenters. The quantitative estimate of drug-likeness (QED) is 0.886. The Labute approximate surface area is 121 Å². The van der Waals surface area contributed by atoms with Crippen LogP contribution < -0.4 is 10.5 Å². The van der Waals surface area contributed by atoms with E-state index in [9.17, 15) is 17.2 Å². The molecule has 7 heteroatoms. The molecule has 0 heterocycles. The zero-order valence-corrected chi connectivity index (χ0v) is 11.8. The van der Waals surface area contributed by atoms with Crippen LogP contribution in [0.3, 0.4) is 0 Å². The number of halogens is 2. The largest absolute Gasteiger partial charge is 0.326 e. The van der Waals surface area contributed by atoms with Gasteiger partial charge in [0.2, 0.25) is 10.0 Å². The maximum Gasteiger partial charge on any atom is 0.241 e. The Morgan fingerprint density at radius 1 is 1.05 bits per heavy atom. The highest BCUT2D eigenvalue weighted by molar-refractivity contribution is 7.89. The van der Waals surface area contributed by atoms with Crippen LogP contribution in [0.5, 0.6) is 0 Å². The van der Waals surface area contributed by atoms with E-state index in [0.717, 1.165) is 18.2 Å². The Bertz CT molecular complexity index is 748. The van der Waals surface area contributed by atoms with Gasteiger partial charge in [-0.25, -0.2) is 21.9 Å². The van der Waals surface area contributed by atoms with E-state index in [-0.39, 0.29) is 23.5 Å². The van der Waals surface area contributed by atoms with E-state index in [4.69, 9.17) is 5.73 Å². The molecule has 112 valence electrons. The second-order valence-electron chi connectivity index (χ2n) is 4.37. The van der Waals surface area contributed by atoms with Gasteiger partial charge in [0.05, 0.1) is 4.90 Å². The molecule has 0 aliphatic carbocycles. The van der Waals surface area contributed by atoms with Gasteiger partial charge in [-0.3, -0.25) is 0 Å². The molecule has 0 saturated carbocycles. The molecule has 0 amide bonds. The summed E-state index contributed by atoms with van der Waals surface area (Å²) in [6.07, 6.45) is 0. The predicted octanol–water partition coefficient (Wildman–Crippen LogP) is 1.90. The molecule has 21 heavy (non-hydrogen) atoms. The molecule has 2 aromatic rings. The standard InChI is InChI=1S/C14H14F2N2O2S/c15-12-5-6-13(16)11(7-12)9-18-21(19,20)14-4-2-1-3-10(14)8-17/h1-7,18H,8-9,17H2. The third kappa shape index (κ3) is 3.63. The zero-order chi connectivity index (χ0) is 15.5. The van der Waals surface area contributed by atoms with Gasteiger partial charge in [-0.05, 0) is 29.8 Å². The summed E-state index contributed by atoms with van der Waals surface area (Å²) >= 11 is 0. The van der Waals surface area contributed by atoms with Crippen LogP contribution in [0, 0.1) is 11.6 Å². The summed E-state index contributed by atoms with van der Waals surface area (Å²) in [5.74, 6) is -1.31. The molecule has 4 nitrogen and oxygen atoms in total. The molecule has 0 aromatic heterocycles. The minimum Gasteiger partial charge on any atom is -0.326 e. The van der Waals surface area contributed by atoms with Crippen molar-refractivity contribution in [1.29, 1.82) is 0 Å².